The van der Waals surface area contributed by atoms with E-state index in [1.54, 1.807) is 26.4 Å². The van der Waals surface area contributed by atoms with Gasteiger partial charge in [0.05, 0.1) is 26.5 Å². The summed E-state index contributed by atoms with van der Waals surface area (Å²) in [7, 11) is 3.17. The number of benzene rings is 1. The Hall–Kier alpha value is -1.58. The molecule has 0 saturated heterocycles. The van der Waals surface area contributed by atoms with Crippen LogP contribution in [-0.4, -0.2) is 20.8 Å². The highest BCUT2D eigenvalue weighted by Gasteiger charge is 2.10. The first kappa shape index (κ1) is 13.5. The van der Waals surface area contributed by atoms with Gasteiger partial charge in [-0.15, -0.1) is 0 Å². The third-order valence-corrected chi connectivity index (χ3v) is 2.47. The Morgan fingerprint density at radius 2 is 1.65 bits per heavy atom. The monoisotopic (exact) mass is 239 g/mol. The predicted molar refractivity (Wildman–Crippen MR) is 68.9 cm³/mol. The smallest absolute Gasteiger partial charge is 0.164 e. The van der Waals surface area contributed by atoms with Crippen molar-refractivity contribution in [3.8, 4) is 17.2 Å². The van der Waals surface area contributed by atoms with Gasteiger partial charge in [-0.2, -0.15) is 0 Å². The van der Waals surface area contributed by atoms with Gasteiger partial charge >= 0.3 is 0 Å². The predicted octanol–water partition coefficient (Wildman–Crippen LogP) is 2.71. The van der Waals surface area contributed by atoms with E-state index in [1.165, 1.54) is 0 Å². The normalized spacial score (nSPS) is 10.4. The average Bonchev–Trinajstić information content (AvgIpc) is 2.30. The summed E-state index contributed by atoms with van der Waals surface area (Å²) >= 11 is 0. The minimum atomic E-state index is 0.561. The van der Waals surface area contributed by atoms with Gasteiger partial charge in [-0.05, 0) is 12.3 Å². The molecule has 0 fully saturated rings. The molecule has 0 atom stereocenters. The van der Waals surface area contributed by atoms with Gasteiger partial charge in [0.15, 0.2) is 11.5 Å². The minimum absolute atomic E-state index is 0.561. The number of methoxy groups -OCH3 is 2. The molecule has 0 aliphatic heterocycles. The quantitative estimate of drug-likeness (QED) is 0.775. The summed E-state index contributed by atoms with van der Waals surface area (Å²) in [5, 5.41) is 0. The Kier molecular flexibility index (Phi) is 4.94. The molecule has 0 amide bonds. The van der Waals surface area contributed by atoms with Crippen LogP contribution in [0.3, 0.4) is 0 Å². The van der Waals surface area contributed by atoms with E-state index < -0.39 is 0 Å². The standard InChI is InChI=1S/C13H21NO3/c1-9(2)5-6-17-11-8-13(16-4)12(15-3)7-10(11)14/h7-9H,5-6,14H2,1-4H3. The molecule has 17 heavy (non-hydrogen) atoms. The van der Waals surface area contributed by atoms with E-state index in [4.69, 9.17) is 19.9 Å². The lowest BCUT2D eigenvalue weighted by Gasteiger charge is -2.14. The molecule has 0 spiro atoms. The van der Waals surface area contributed by atoms with Gasteiger partial charge < -0.3 is 19.9 Å². The van der Waals surface area contributed by atoms with E-state index in [0.29, 0.717) is 35.5 Å². The van der Waals surface area contributed by atoms with Gasteiger partial charge in [0.2, 0.25) is 0 Å². The molecule has 4 nitrogen and oxygen atoms in total. The second-order valence-electron chi connectivity index (χ2n) is 4.28. The second kappa shape index (κ2) is 6.23. The molecule has 1 aromatic carbocycles. The highest BCUT2D eigenvalue weighted by molar-refractivity contribution is 5.61. The Morgan fingerprint density at radius 3 is 2.18 bits per heavy atom. The molecular weight excluding hydrogens is 218 g/mol. The van der Waals surface area contributed by atoms with Crippen LogP contribution < -0.4 is 19.9 Å². The largest absolute Gasteiger partial charge is 0.493 e. The van der Waals surface area contributed by atoms with E-state index in [9.17, 15) is 0 Å². The van der Waals surface area contributed by atoms with Crippen molar-refractivity contribution in [2.45, 2.75) is 20.3 Å². The molecule has 0 bridgehead atoms. The summed E-state index contributed by atoms with van der Waals surface area (Å²) in [6, 6.07) is 3.47. The van der Waals surface area contributed by atoms with Crippen molar-refractivity contribution < 1.29 is 14.2 Å². The number of rotatable bonds is 6. The molecule has 0 aliphatic carbocycles. The van der Waals surface area contributed by atoms with Crippen LogP contribution in [-0.2, 0) is 0 Å². The highest BCUT2D eigenvalue weighted by Crippen LogP contribution is 2.36. The number of anilines is 1. The molecule has 0 unspecified atom stereocenters. The Labute approximate surface area is 103 Å². The van der Waals surface area contributed by atoms with Gasteiger partial charge in [-0.25, -0.2) is 0 Å². The third-order valence-electron chi connectivity index (χ3n) is 2.47. The van der Waals surface area contributed by atoms with E-state index in [-0.39, 0.29) is 0 Å². The maximum Gasteiger partial charge on any atom is 0.164 e. The maximum absolute atomic E-state index is 5.88. The van der Waals surface area contributed by atoms with E-state index in [2.05, 4.69) is 13.8 Å². The Morgan fingerprint density at radius 1 is 1.06 bits per heavy atom. The zero-order chi connectivity index (χ0) is 12.8. The lowest BCUT2D eigenvalue weighted by atomic mass is 10.1. The lowest BCUT2D eigenvalue weighted by Crippen LogP contribution is -2.04. The molecule has 1 aromatic rings. The number of nitrogens with two attached hydrogens (primary N) is 1. The molecule has 2 N–H and O–H groups in total. The number of hydrogen-bond acceptors (Lipinski definition) is 4. The average molecular weight is 239 g/mol. The third kappa shape index (κ3) is 3.73. The van der Waals surface area contributed by atoms with Crippen LogP contribution in [0.25, 0.3) is 0 Å². The lowest BCUT2D eigenvalue weighted by molar-refractivity contribution is 0.287. The van der Waals surface area contributed by atoms with Gasteiger partial charge in [0, 0.05) is 12.1 Å². The molecule has 1 rings (SSSR count). The zero-order valence-corrected chi connectivity index (χ0v) is 10.9. The van der Waals surface area contributed by atoms with Crippen LogP contribution in [0.5, 0.6) is 17.2 Å². The molecule has 4 heteroatoms. The van der Waals surface area contributed by atoms with E-state index in [1.807, 2.05) is 0 Å². The zero-order valence-electron chi connectivity index (χ0n) is 10.9. The molecule has 96 valence electrons. The molecular formula is C13H21NO3. The van der Waals surface area contributed by atoms with Crippen molar-refractivity contribution in [3.63, 3.8) is 0 Å². The van der Waals surface area contributed by atoms with Gasteiger partial charge in [0.25, 0.3) is 0 Å². The first-order valence-electron chi connectivity index (χ1n) is 5.72. The maximum atomic E-state index is 5.88. The van der Waals surface area contributed by atoms with Crippen LogP contribution in [0.1, 0.15) is 20.3 Å². The van der Waals surface area contributed by atoms with Crippen molar-refractivity contribution in [3.05, 3.63) is 12.1 Å². The summed E-state index contributed by atoms with van der Waals surface area (Å²) in [5.41, 5.74) is 6.44. The van der Waals surface area contributed by atoms with Crippen molar-refractivity contribution in [1.29, 1.82) is 0 Å². The molecule has 0 aliphatic rings. The molecule has 0 radical (unpaired) electrons. The SMILES string of the molecule is COc1cc(N)c(OCCC(C)C)cc1OC. The summed E-state index contributed by atoms with van der Waals surface area (Å²) in [6.07, 6.45) is 0.994. The van der Waals surface area contributed by atoms with Gasteiger partial charge in [0.1, 0.15) is 5.75 Å². The van der Waals surface area contributed by atoms with Crippen LogP contribution in [0.2, 0.25) is 0 Å². The first-order chi connectivity index (χ1) is 8.08. The summed E-state index contributed by atoms with van der Waals surface area (Å²) in [5.74, 6) is 2.49. The van der Waals surface area contributed by atoms with Crippen molar-refractivity contribution in [2.24, 2.45) is 5.92 Å². The Balaban J connectivity index is 2.78. The minimum Gasteiger partial charge on any atom is -0.493 e. The number of nitrogen functional groups attached to an aromatic ring is 1. The fraction of sp³-hybridized carbons (Fsp3) is 0.538. The van der Waals surface area contributed by atoms with Crippen molar-refractivity contribution in [1.82, 2.24) is 0 Å². The van der Waals surface area contributed by atoms with Crippen molar-refractivity contribution >= 4 is 5.69 Å². The van der Waals surface area contributed by atoms with Gasteiger partial charge in [-0.1, -0.05) is 13.8 Å². The Bertz CT molecular complexity index is 364. The van der Waals surface area contributed by atoms with Crippen LogP contribution in [0, 0.1) is 5.92 Å². The van der Waals surface area contributed by atoms with Crippen LogP contribution in [0.15, 0.2) is 12.1 Å². The van der Waals surface area contributed by atoms with Gasteiger partial charge in [-0.3, -0.25) is 0 Å². The fourth-order valence-corrected chi connectivity index (χ4v) is 1.41. The number of hydrogen-bond donors (Lipinski definition) is 1. The second-order valence-corrected chi connectivity index (χ2v) is 4.28. The van der Waals surface area contributed by atoms with Crippen LogP contribution >= 0.6 is 0 Å². The summed E-state index contributed by atoms with van der Waals surface area (Å²) in [6.45, 7) is 4.96. The number of ether oxygens (including phenoxy) is 3. The van der Waals surface area contributed by atoms with E-state index >= 15 is 0 Å². The topological polar surface area (TPSA) is 53.7 Å². The molecule has 0 aromatic heterocycles. The molecule has 0 saturated carbocycles. The highest BCUT2D eigenvalue weighted by atomic mass is 16.5. The first-order valence-corrected chi connectivity index (χ1v) is 5.72. The van der Waals surface area contributed by atoms with Crippen LogP contribution in [0.4, 0.5) is 5.69 Å². The molecule has 0 heterocycles. The van der Waals surface area contributed by atoms with E-state index in [0.717, 1.165) is 6.42 Å². The van der Waals surface area contributed by atoms with Crippen molar-refractivity contribution in [2.75, 3.05) is 26.6 Å². The summed E-state index contributed by atoms with van der Waals surface area (Å²) < 4.78 is 16.0. The summed E-state index contributed by atoms with van der Waals surface area (Å²) in [4.78, 5) is 0. The fourth-order valence-electron chi connectivity index (χ4n) is 1.41.